The van der Waals surface area contributed by atoms with Crippen molar-refractivity contribution >= 4 is 0 Å². The molecule has 32 heavy (non-hydrogen) atoms. The van der Waals surface area contributed by atoms with Crippen LogP contribution in [0.4, 0.5) is 0 Å². The average Bonchev–Trinajstić information content (AvgIpc) is 3.09. The summed E-state index contributed by atoms with van der Waals surface area (Å²) in [6.45, 7) is 13.4. The van der Waals surface area contributed by atoms with Gasteiger partial charge in [0.2, 0.25) is 0 Å². The summed E-state index contributed by atoms with van der Waals surface area (Å²) in [5.41, 5.74) is 0.382. The number of hydrogen-bond acceptors (Lipinski definition) is 4. The van der Waals surface area contributed by atoms with E-state index in [-0.39, 0.29) is 22.7 Å². The van der Waals surface area contributed by atoms with Crippen LogP contribution in [0.3, 0.4) is 0 Å². The minimum absolute atomic E-state index is 0.0940. The van der Waals surface area contributed by atoms with E-state index in [1.165, 1.54) is 32.1 Å². The molecule has 0 amide bonds. The van der Waals surface area contributed by atoms with Crippen molar-refractivity contribution in [2.75, 3.05) is 0 Å². The monoisotopic (exact) mass is 450 g/mol. The molecule has 0 aliphatic heterocycles. The highest BCUT2D eigenvalue weighted by Crippen LogP contribution is 2.68. The lowest BCUT2D eigenvalue weighted by molar-refractivity contribution is -0.163. The molecule has 4 heteroatoms. The molecule has 13 atom stereocenters. The molecule has 186 valence electrons. The topological polar surface area (TPSA) is 80.9 Å². The van der Waals surface area contributed by atoms with Gasteiger partial charge in [-0.15, -0.1) is 0 Å². The van der Waals surface area contributed by atoms with Crippen LogP contribution in [-0.2, 0) is 0 Å². The highest BCUT2D eigenvalue weighted by atomic mass is 16.3. The van der Waals surface area contributed by atoms with Gasteiger partial charge in [-0.05, 0) is 110 Å². The Bertz CT molecular complexity index is 666. The first-order valence-corrected chi connectivity index (χ1v) is 13.6. The largest absolute Gasteiger partial charge is 0.390 e. The predicted molar refractivity (Wildman–Crippen MR) is 128 cm³/mol. The molecule has 4 saturated carbocycles. The molecule has 4 aliphatic rings. The molecule has 0 saturated heterocycles. The Morgan fingerprint density at radius 3 is 2.06 bits per heavy atom. The van der Waals surface area contributed by atoms with Crippen LogP contribution in [0.1, 0.15) is 92.9 Å². The SMILES string of the molecule is CC(C)[C@@H](C)[C@@H](O)[C@H](O)[C@@H](C)[C@H]1CC[C@H]2[C@@H]3CC[C@H]4C[C@H](O)[C@H](O)C[C@]4(C)[C@H]3CC[C@]12C. The molecule has 0 heterocycles. The Morgan fingerprint density at radius 2 is 1.41 bits per heavy atom. The standard InChI is InChI=1S/C28H50O4/c1-15(2)16(3)25(31)26(32)17(4)20-9-10-21-19-8-7-18-13-23(29)24(30)14-28(18,6)22(19)11-12-27(20,21)5/h15-26,29-32H,7-14H2,1-6H3/t16-,17+,18+,19+,20-,21+,22+,23+,24-,25-,26-,27-,28+/m1/s1. The zero-order chi connectivity index (χ0) is 23.6. The fourth-order valence-corrected chi connectivity index (χ4v) is 9.43. The molecule has 4 N–H and O–H groups in total. The maximum Gasteiger partial charge on any atom is 0.0830 e. The van der Waals surface area contributed by atoms with Gasteiger partial charge in [-0.25, -0.2) is 0 Å². The number of fused-ring (bicyclic) bond motifs is 5. The predicted octanol–water partition coefficient (Wildman–Crippen LogP) is 4.63. The van der Waals surface area contributed by atoms with E-state index in [0.29, 0.717) is 35.5 Å². The lowest BCUT2D eigenvalue weighted by Crippen LogP contribution is -2.57. The Kier molecular flexibility index (Phi) is 6.87. The van der Waals surface area contributed by atoms with Crippen molar-refractivity contribution in [1.82, 2.24) is 0 Å². The van der Waals surface area contributed by atoms with Crippen molar-refractivity contribution in [1.29, 1.82) is 0 Å². The summed E-state index contributed by atoms with van der Waals surface area (Å²) in [5, 5.41) is 42.8. The van der Waals surface area contributed by atoms with Gasteiger partial charge in [0, 0.05) is 0 Å². The first kappa shape index (κ1) is 24.9. The van der Waals surface area contributed by atoms with Crippen molar-refractivity contribution in [2.24, 2.45) is 58.2 Å². The van der Waals surface area contributed by atoms with E-state index < -0.39 is 24.4 Å². The minimum atomic E-state index is -0.659. The molecule has 4 nitrogen and oxygen atoms in total. The molecular formula is C28H50O4. The van der Waals surface area contributed by atoms with E-state index in [1.54, 1.807) is 0 Å². The van der Waals surface area contributed by atoms with Crippen molar-refractivity contribution < 1.29 is 20.4 Å². The zero-order valence-corrected chi connectivity index (χ0v) is 21.4. The fraction of sp³-hybridized carbons (Fsp3) is 1.00. The Balaban J connectivity index is 1.52. The third-order valence-electron chi connectivity index (χ3n) is 11.9. The number of hydrogen-bond donors (Lipinski definition) is 4. The normalized spacial score (nSPS) is 50.2. The lowest BCUT2D eigenvalue weighted by atomic mass is 9.44. The number of aliphatic hydroxyl groups excluding tert-OH is 4. The van der Waals surface area contributed by atoms with Gasteiger partial charge in [0.1, 0.15) is 0 Å². The molecule has 4 rings (SSSR count). The van der Waals surface area contributed by atoms with Gasteiger partial charge in [-0.1, -0.05) is 41.5 Å². The third kappa shape index (κ3) is 3.80. The first-order valence-electron chi connectivity index (χ1n) is 13.6. The molecule has 0 aromatic heterocycles. The summed E-state index contributed by atoms with van der Waals surface area (Å²) in [6.07, 6.45) is 6.31. The summed E-state index contributed by atoms with van der Waals surface area (Å²) in [5.74, 6) is 3.59. The Labute approximate surface area is 196 Å². The lowest BCUT2D eigenvalue weighted by Gasteiger charge is -2.61. The molecule has 4 aliphatic carbocycles. The molecule has 4 fully saturated rings. The van der Waals surface area contributed by atoms with Crippen molar-refractivity contribution in [2.45, 2.75) is 117 Å². The summed E-state index contributed by atoms with van der Waals surface area (Å²) < 4.78 is 0. The van der Waals surface area contributed by atoms with Gasteiger partial charge in [-0.2, -0.15) is 0 Å². The molecule has 0 aromatic carbocycles. The van der Waals surface area contributed by atoms with Gasteiger partial charge in [0.05, 0.1) is 24.4 Å². The molecule has 0 spiro atoms. The van der Waals surface area contributed by atoms with Gasteiger partial charge < -0.3 is 20.4 Å². The molecule has 0 radical (unpaired) electrons. The molecular weight excluding hydrogens is 400 g/mol. The summed E-state index contributed by atoms with van der Waals surface area (Å²) >= 11 is 0. The molecule has 0 aromatic rings. The first-order chi connectivity index (χ1) is 14.9. The second kappa shape index (κ2) is 8.81. The van der Waals surface area contributed by atoms with Crippen molar-refractivity contribution in [3.05, 3.63) is 0 Å². The van der Waals surface area contributed by atoms with E-state index in [0.717, 1.165) is 19.3 Å². The van der Waals surface area contributed by atoms with Crippen LogP contribution in [-0.4, -0.2) is 44.8 Å². The minimum Gasteiger partial charge on any atom is -0.390 e. The van der Waals surface area contributed by atoms with Gasteiger partial charge in [0.25, 0.3) is 0 Å². The van der Waals surface area contributed by atoms with Crippen LogP contribution in [0.5, 0.6) is 0 Å². The zero-order valence-electron chi connectivity index (χ0n) is 21.4. The van der Waals surface area contributed by atoms with Crippen LogP contribution >= 0.6 is 0 Å². The van der Waals surface area contributed by atoms with Gasteiger partial charge in [0.15, 0.2) is 0 Å². The van der Waals surface area contributed by atoms with E-state index in [2.05, 4.69) is 41.5 Å². The Hall–Kier alpha value is -0.160. The van der Waals surface area contributed by atoms with Crippen LogP contribution in [0.15, 0.2) is 0 Å². The summed E-state index contributed by atoms with van der Waals surface area (Å²) in [4.78, 5) is 0. The molecule has 0 unspecified atom stereocenters. The van der Waals surface area contributed by atoms with E-state index >= 15 is 0 Å². The van der Waals surface area contributed by atoms with Gasteiger partial charge in [-0.3, -0.25) is 0 Å². The highest BCUT2D eigenvalue weighted by molar-refractivity contribution is 5.11. The quantitative estimate of drug-likeness (QED) is 0.492. The van der Waals surface area contributed by atoms with Crippen molar-refractivity contribution in [3.63, 3.8) is 0 Å². The van der Waals surface area contributed by atoms with Crippen molar-refractivity contribution in [3.8, 4) is 0 Å². The van der Waals surface area contributed by atoms with Crippen LogP contribution < -0.4 is 0 Å². The highest BCUT2D eigenvalue weighted by Gasteiger charge is 2.62. The number of rotatable bonds is 5. The maximum absolute atomic E-state index is 11.2. The molecule has 0 bridgehead atoms. The van der Waals surface area contributed by atoms with Gasteiger partial charge >= 0.3 is 0 Å². The second-order valence-corrected chi connectivity index (χ2v) is 13.4. The Morgan fingerprint density at radius 1 is 0.750 bits per heavy atom. The van der Waals surface area contributed by atoms with E-state index in [4.69, 9.17) is 0 Å². The van der Waals surface area contributed by atoms with Crippen LogP contribution in [0, 0.1) is 58.2 Å². The smallest absolute Gasteiger partial charge is 0.0830 e. The second-order valence-electron chi connectivity index (χ2n) is 13.4. The average molecular weight is 451 g/mol. The van der Waals surface area contributed by atoms with Crippen LogP contribution in [0.25, 0.3) is 0 Å². The van der Waals surface area contributed by atoms with E-state index in [1.807, 2.05) is 0 Å². The van der Waals surface area contributed by atoms with E-state index in [9.17, 15) is 20.4 Å². The third-order valence-corrected chi connectivity index (χ3v) is 11.9. The number of aliphatic hydroxyl groups is 4. The maximum atomic E-state index is 11.2. The fourth-order valence-electron chi connectivity index (χ4n) is 9.43. The summed E-state index contributed by atoms with van der Waals surface area (Å²) in [7, 11) is 0. The summed E-state index contributed by atoms with van der Waals surface area (Å²) in [6, 6.07) is 0. The van der Waals surface area contributed by atoms with Crippen LogP contribution in [0.2, 0.25) is 0 Å².